The number of ether oxygens (including phenoxy) is 1. The van der Waals surface area contributed by atoms with E-state index in [1.807, 2.05) is 0 Å². The topological polar surface area (TPSA) is 60.4 Å². The van der Waals surface area contributed by atoms with Gasteiger partial charge < -0.3 is 4.74 Å². The average molecular weight is 236 g/mol. The predicted octanol–water partition coefficient (Wildman–Crippen LogP) is 1.60. The Morgan fingerprint density at radius 2 is 1.71 bits per heavy atom. The van der Waals surface area contributed by atoms with Gasteiger partial charge in [0, 0.05) is 11.1 Å². The van der Waals surface area contributed by atoms with Crippen molar-refractivity contribution in [2.75, 3.05) is 6.61 Å². The van der Waals surface area contributed by atoms with Crippen molar-refractivity contribution in [3.63, 3.8) is 0 Å². The van der Waals surface area contributed by atoms with Crippen LogP contribution in [0.4, 0.5) is 0 Å². The lowest BCUT2D eigenvalue weighted by Gasteiger charge is -2.18. The second-order valence-electron chi connectivity index (χ2n) is 4.99. The zero-order valence-corrected chi connectivity index (χ0v) is 10.5. The summed E-state index contributed by atoms with van der Waals surface area (Å²) in [6.45, 7) is 6.60. The predicted molar refractivity (Wildman–Crippen MR) is 62.3 cm³/mol. The lowest BCUT2D eigenvalue weighted by molar-refractivity contribution is -0.152. The Bertz CT molecular complexity index is 433. The first-order valence-corrected chi connectivity index (χ1v) is 5.37. The zero-order chi connectivity index (χ0) is 13.2. The van der Waals surface area contributed by atoms with Crippen LogP contribution in [0.2, 0.25) is 0 Å². The number of hydrogen-bond donors (Lipinski definition) is 0. The van der Waals surface area contributed by atoms with Crippen LogP contribution in [0, 0.1) is 5.41 Å². The van der Waals surface area contributed by atoms with Crippen LogP contribution in [0.1, 0.15) is 27.7 Å². The third-order valence-electron chi connectivity index (χ3n) is 2.47. The molecule has 4 nitrogen and oxygen atoms in total. The normalized spacial score (nSPS) is 16.5. The number of carbonyl (C=O) groups is 3. The standard InChI is InChI=1S/C13H16O4/c1-8-9(11(15)6-5-10(8)14)7-17-12(16)13(2,3)4/h5-6H,7H2,1-4H3. The SMILES string of the molecule is CC1=C(COC(=O)C(C)(C)C)C(=O)C=CC1=O. The number of allylic oxidation sites excluding steroid dienone is 3. The van der Waals surface area contributed by atoms with Gasteiger partial charge in [-0.1, -0.05) is 0 Å². The molecule has 0 amide bonds. The van der Waals surface area contributed by atoms with Gasteiger partial charge in [0.1, 0.15) is 6.61 Å². The first-order chi connectivity index (χ1) is 7.73. The molecule has 92 valence electrons. The molecule has 0 saturated heterocycles. The van der Waals surface area contributed by atoms with Gasteiger partial charge >= 0.3 is 5.97 Å². The van der Waals surface area contributed by atoms with E-state index in [0.717, 1.165) is 0 Å². The lowest BCUT2D eigenvalue weighted by Crippen LogP contribution is -2.26. The van der Waals surface area contributed by atoms with Crippen LogP contribution >= 0.6 is 0 Å². The van der Waals surface area contributed by atoms with Gasteiger partial charge in [-0.05, 0) is 39.8 Å². The highest BCUT2D eigenvalue weighted by molar-refractivity contribution is 6.20. The van der Waals surface area contributed by atoms with Gasteiger partial charge in [-0.15, -0.1) is 0 Å². The summed E-state index contributed by atoms with van der Waals surface area (Å²) < 4.78 is 5.03. The van der Waals surface area contributed by atoms with Gasteiger partial charge in [0.05, 0.1) is 5.41 Å². The maximum Gasteiger partial charge on any atom is 0.311 e. The van der Waals surface area contributed by atoms with Gasteiger partial charge in [0.2, 0.25) is 0 Å². The highest BCUT2D eigenvalue weighted by Crippen LogP contribution is 2.18. The summed E-state index contributed by atoms with van der Waals surface area (Å²) in [6, 6.07) is 0. The van der Waals surface area contributed by atoms with Crippen molar-refractivity contribution in [2.45, 2.75) is 27.7 Å². The minimum absolute atomic E-state index is 0.142. The number of hydrogen-bond acceptors (Lipinski definition) is 4. The van der Waals surface area contributed by atoms with Crippen LogP contribution in [0.25, 0.3) is 0 Å². The molecule has 0 atom stereocenters. The molecular weight excluding hydrogens is 220 g/mol. The summed E-state index contributed by atoms with van der Waals surface area (Å²) in [7, 11) is 0. The van der Waals surface area contributed by atoms with Gasteiger partial charge in [-0.2, -0.15) is 0 Å². The molecule has 0 aliphatic heterocycles. The molecule has 1 rings (SSSR count). The Morgan fingerprint density at radius 3 is 2.24 bits per heavy atom. The largest absolute Gasteiger partial charge is 0.460 e. The van der Waals surface area contributed by atoms with Gasteiger partial charge in [-0.3, -0.25) is 14.4 Å². The fraction of sp³-hybridized carbons (Fsp3) is 0.462. The average Bonchev–Trinajstić information content (AvgIpc) is 2.22. The molecule has 0 spiro atoms. The smallest absolute Gasteiger partial charge is 0.311 e. The van der Waals surface area contributed by atoms with Crippen LogP contribution in [0.3, 0.4) is 0 Å². The molecule has 0 saturated carbocycles. The fourth-order valence-corrected chi connectivity index (χ4v) is 1.24. The monoisotopic (exact) mass is 236 g/mol. The van der Waals surface area contributed by atoms with E-state index in [-0.39, 0.29) is 23.7 Å². The van der Waals surface area contributed by atoms with E-state index in [4.69, 9.17) is 4.74 Å². The summed E-state index contributed by atoms with van der Waals surface area (Å²) in [5.74, 6) is -0.886. The Kier molecular flexibility index (Phi) is 3.66. The maximum atomic E-state index is 11.5. The van der Waals surface area contributed by atoms with E-state index >= 15 is 0 Å². The van der Waals surface area contributed by atoms with E-state index in [2.05, 4.69) is 0 Å². The second-order valence-corrected chi connectivity index (χ2v) is 4.99. The van der Waals surface area contributed by atoms with E-state index in [1.54, 1.807) is 27.7 Å². The molecule has 1 aliphatic rings. The zero-order valence-electron chi connectivity index (χ0n) is 10.5. The molecule has 0 unspecified atom stereocenters. The summed E-state index contributed by atoms with van der Waals surface area (Å²) in [5.41, 5.74) is -0.0132. The molecule has 0 aromatic rings. The quantitative estimate of drug-likeness (QED) is 0.539. The van der Waals surface area contributed by atoms with Crippen molar-refractivity contribution >= 4 is 17.5 Å². The van der Waals surface area contributed by atoms with Gasteiger partial charge in [0.25, 0.3) is 0 Å². The van der Waals surface area contributed by atoms with Crippen molar-refractivity contribution in [1.29, 1.82) is 0 Å². The summed E-state index contributed by atoms with van der Waals surface area (Å²) in [4.78, 5) is 34.4. The number of ketones is 2. The molecule has 4 heteroatoms. The van der Waals surface area contributed by atoms with E-state index < -0.39 is 11.4 Å². The van der Waals surface area contributed by atoms with Crippen LogP contribution in [0.5, 0.6) is 0 Å². The van der Waals surface area contributed by atoms with Crippen molar-refractivity contribution in [3.8, 4) is 0 Å². The maximum absolute atomic E-state index is 11.5. The minimum atomic E-state index is -0.619. The van der Waals surface area contributed by atoms with Crippen LogP contribution in [-0.4, -0.2) is 24.1 Å². The van der Waals surface area contributed by atoms with Gasteiger partial charge in [0.15, 0.2) is 11.6 Å². The van der Waals surface area contributed by atoms with E-state index in [0.29, 0.717) is 5.57 Å². The van der Waals surface area contributed by atoms with Gasteiger partial charge in [-0.25, -0.2) is 0 Å². The summed E-state index contributed by atoms with van der Waals surface area (Å²) >= 11 is 0. The summed E-state index contributed by atoms with van der Waals surface area (Å²) in [5, 5.41) is 0. The van der Waals surface area contributed by atoms with Crippen molar-refractivity contribution in [3.05, 3.63) is 23.3 Å². The molecule has 0 aromatic heterocycles. The third-order valence-corrected chi connectivity index (χ3v) is 2.47. The molecule has 1 aliphatic carbocycles. The number of carbonyl (C=O) groups excluding carboxylic acids is 3. The van der Waals surface area contributed by atoms with Crippen LogP contribution < -0.4 is 0 Å². The Labute approximate surface area is 100 Å². The molecule has 0 fully saturated rings. The lowest BCUT2D eigenvalue weighted by atomic mass is 9.96. The van der Waals surface area contributed by atoms with E-state index in [1.165, 1.54) is 12.2 Å². The fourth-order valence-electron chi connectivity index (χ4n) is 1.24. The first-order valence-electron chi connectivity index (χ1n) is 5.37. The number of rotatable bonds is 2. The molecule has 0 N–H and O–H groups in total. The third kappa shape index (κ3) is 3.12. The van der Waals surface area contributed by atoms with Crippen LogP contribution in [0.15, 0.2) is 23.3 Å². The van der Waals surface area contributed by atoms with Crippen molar-refractivity contribution in [1.82, 2.24) is 0 Å². The number of esters is 1. The second kappa shape index (κ2) is 4.65. The summed E-state index contributed by atoms with van der Waals surface area (Å²) in [6.07, 6.45) is 2.43. The molecule has 0 radical (unpaired) electrons. The van der Waals surface area contributed by atoms with E-state index in [9.17, 15) is 14.4 Å². The molecule has 17 heavy (non-hydrogen) atoms. The van der Waals surface area contributed by atoms with Crippen molar-refractivity contribution in [2.24, 2.45) is 5.41 Å². The molecule has 0 bridgehead atoms. The highest BCUT2D eigenvalue weighted by atomic mass is 16.5. The first kappa shape index (κ1) is 13.4. The molecule has 0 aromatic carbocycles. The van der Waals surface area contributed by atoms with Crippen LogP contribution in [-0.2, 0) is 19.1 Å². The highest BCUT2D eigenvalue weighted by Gasteiger charge is 2.25. The van der Waals surface area contributed by atoms with Crippen molar-refractivity contribution < 1.29 is 19.1 Å². The minimum Gasteiger partial charge on any atom is -0.460 e. The Morgan fingerprint density at radius 1 is 1.18 bits per heavy atom. The Balaban J connectivity index is 2.76. The Hall–Kier alpha value is -1.71. The molecular formula is C13H16O4. The molecule has 0 heterocycles.